The number of methoxy groups -OCH3 is 1. The number of hydrogen-bond acceptors (Lipinski definition) is 6. The second-order valence-electron chi connectivity index (χ2n) is 7.07. The van der Waals surface area contributed by atoms with Crippen molar-refractivity contribution >= 4 is 17.4 Å². The molecule has 0 spiro atoms. The number of aliphatic hydroxyl groups excluding tert-OH is 1. The van der Waals surface area contributed by atoms with Crippen molar-refractivity contribution < 1.29 is 15.6 Å². The number of aliphatic hydroxyl groups is 1. The summed E-state index contributed by atoms with van der Waals surface area (Å²) in [6.07, 6.45) is 3.58. The van der Waals surface area contributed by atoms with Gasteiger partial charge in [-0.3, -0.25) is 0 Å². The molecule has 0 radical (unpaired) electrons. The van der Waals surface area contributed by atoms with Crippen molar-refractivity contribution in [1.82, 2.24) is 15.0 Å². The molecule has 1 aliphatic heterocycles. The molecule has 8 heteroatoms. The van der Waals surface area contributed by atoms with Gasteiger partial charge >= 0.3 is 0 Å². The second kappa shape index (κ2) is 7.34. The molecule has 140 valence electrons. The molecule has 1 saturated heterocycles. The lowest BCUT2D eigenvalue weighted by Crippen LogP contribution is -2.73. The number of aryl methyl sites for hydroxylation is 1. The van der Waals surface area contributed by atoms with Gasteiger partial charge in [0.15, 0.2) is 5.82 Å². The predicted octanol–water partition coefficient (Wildman–Crippen LogP) is 1.60. The average Bonchev–Trinajstić information content (AvgIpc) is 2.62. The average molecular weight is 379 g/mol. The van der Waals surface area contributed by atoms with Gasteiger partial charge in [0, 0.05) is 37.7 Å². The summed E-state index contributed by atoms with van der Waals surface area (Å²) < 4.78 is 5.19. The SMILES string of the molecule is COc1nccc(-c2nc(CO)c(N3CCC(C)([NH3+])CC3)nc2C)c1Cl. The van der Waals surface area contributed by atoms with Gasteiger partial charge in [0.2, 0.25) is 5.88 Å². The summed E-state index contributed by atoms with van der Waals surface area (Å²) in [7, 11) is 1.52. The highest BCUT2D eigenvalue weighted by Crippen LogP contribution is 2.35. The monoisotopic (exact) mass is 378 g/mol. The van der Waals surface area contributed by atoms with Gasteiger partial charge in [0.1, 0.15) is 10.7 Å². The number of nitrogens with zero attached hydrogens (tertiary/aromatic N) is 4. The molecule has 0 aliphatic carbocycles. The molecule has 4 N–H and O–H groups in total. The standard InChI is InChI=1S/C18H24ClN5O2/c1-11-15(12-4-7-21-17(26-3)14(12)19)23-13(10-25)16(22-11)24-8-5-18(2,20)6-9-24/h4,7,25H,5-6,8-10,20H2,1-3H3/p+1. The zero-order valence-corrected chi connectivity index (χ0v) is 16.2. The van der Waals surface area contributed by atoms with Gasteiger partial charge < -0.3 is 20.5 Å². The van der Waals surface area contributed by atoms with E-state index < -0.39 is 0 Å². The summed E-state index contributed by atoms with van der Waals surface area (Å²) in [6.45, 7) is 5.59. The maximum Gasteiger partial charge on any atom is 0.232 e. The number of hydrogen-bond donors (Lipinski definition) is 2. The fraction of sp³-hybridized carbons (Fsp3) is 0.500. The van der Waals surface area contributed by atoms with E-state index in [1.54, 1.807) is 12.3 Å². The molecule has 0 aromatic carbocycles. The highest BCUT2D eigenvalue weighted by Gasteiger charge is 2.31. The third kappa shape index (κ3) is 3.60. The lowest BCUT2D eigenvalue weighted by atomic mass is 9.91. The van der Waals surface area contributed by atoms with Crippen LogP contribution in [0.15, 0.2) is 12.3 Å². The number of pyridine rings is 1. The summed E-state index contributed by atoms with van der Waals surface area (Å²) in [5, 5.41) is 10.3. The number of anilines is 1. The maximum absolute atomic E-state index is 9.87. The molecule has 0 bridgehead atoms. The fourth-order valence-electron chi connectivity index (χ4n) is 3.16. The minimum atomic E-state index is -0.187. The molecule has 2 aromatic rings. The van der Waals surface area contributed by atoms with Crippen LogP contribution < -0.4 is 15.4 Å². The van der Waals surface area contributed by atoms with Gasteiger partial charge in [-0.15, -0.1) is 0 Å². The molecule has 0 saturated carbocycles. The minimum Gasteiger partial charge on any atom is -0.480 e. The molecular weight excluding hydrogens is 354 g/mol. The number of aromatic nitrogens is 3. The van der Waals surface area contributed by atoms with Crippen LogP contribution in [0.25, 0.3) is 11.3 Å². The molecule has 0 amide bonds. The molecule has 26 heavy (non-hydrogen) atoms. The van der Waals surface area contributed by atoms with Crippen LogP contribution in [-0.4, -0.2) is 45.8 Å². The highest BCUT2D eigenvalue weighted by atomic mass is 35.5. The molecule has 1 aliphatic rings. The maximum atomic E-state index is 9.87. The van der Waals surface area contributed by atoms with E-state index in [2.05, 4.69) is 27.5 Å². The molecule has 1 fully saturated rings. The van der Waals surface area contributed by atoms with Crippen molar-refractivity contribution in [3.8, 4) is 17.1 Å². The summed E-state index contributed by atoms with van der Waals surface area (Å²) in [6, 6.07) is 1.78. The Bertz CT molecular complexity index is 802. The van der Waals surface area contributed by atoms with Gasteiger partial charge in [-0.05, 0) is 19.9 Å². The number of rotatable bonds is 4. The summed E-state index contributed by atoms with van der Waals surface area (Å²) in [4.78, 5) is 15.7. The smallest absolute Gasteiger partial charge is 0.232 e. The lowest BCUT2D eigenvalue weighted by Gasteiger charge is -2.35. The molecular formula is C18H25ClN5O2+. The van der Waals surface area contributed by atoms with E-state index >= 15 is 0 Å². The lowest BCUT2D eigenvalue weighted by molar-refractivity contribution is -0.475. The normalized spacial score (nSPS) is 16.6. The van der Waals surface area contributed by atoms with Crippen molar-refractivity contribution in [3.63, 3.8) is 0 Å². The van der Waals surface area contributed by atoms with Crippen LogP contribution in [0.1, 0.15) is 31.2 Å². The Morgan fingerprint density at radius 1 is 1.35 bits per heavy atom. The van der Waals surface area contributed by atoms with Gasteiger partial charge in [-0.1, -0.05) is 11.6 Å². The molecule has 2 aromatic heterocycles. The largest absolute Gasteiger partial charge is 0.480 e. The van der Waals surface area contributed by atoms with Crippen molar-refractivity contribution in [3.05, 3.63) is 28.7 Å². The van der Waals surface area contributed by atoms with Crippen LogP contribution in [-0.2, 0) is 6.61 Å². The fourth-order valence-corrected chi connectivity index (χ4v) is 3.44. The Balaban J connectivity index is 2.01. The molecule has 7 nitrogen and oxygen atoms in total. The van der Waals surface area contributed by atoms with Crippen LogP contribution in [0, 0.1) is 6.92 Å². The van der Waals surface area contributed by atoms with Crippen molar-refractivity contribution in [2.24, 2.45) is 0 Å². The van der Waals surface area contributed by atoms with Crippen LogP contribution in [0.2, 0.25) is 5.02 Å². The quantitative estimate of drug-likeness (QED) is 0.838. The van der Waals surface area contributed by atoms with E-state index in [1.807, 2.05) is 6.92 Å². The van der Waals surface area contributed by atoms with Gasteiger partial charge in [0.05, 0.1) is 30.6 Å². The van der Waals surface area contributed by atoms with E-state index in [4.69, 9.17) is 21.3 Å². The van der Waals surface area contributed by atoms with Crippen LogP contribution >= 0.6 is 11.6 Å². The van der Waals surface area contributed by atoms with Gasteiger partial charge in [-0.2, -0.15) is 0 Å². The summed E-state index contributed by atoms with van der Waals surface area (Å²) in [5.74, 6) is 1.08. The van der Waals surface area contributed by atoms with Crippen LogP contribution in [0.4, 0.5) is 5.82 Å². The Hall–Kier alpha value is -1.96. The topological polar surface area (TPSA) is 99.0 Å². The Morgan fingerprint density at radius 3 is 2.65 bits per heavy atom. The number of ether oxygens (including phenoxy) is 1. The first-order valence-electron chi connectivity index (χ1n) is 8.64. The van der Waals surface area contributed by atoms with Crippen molar-refractivity contribution in [1.29, 1.82) is 0 Å². The zero-order valence-electron chi connectivity index (χ0n) is 15.4. The molecule has 3 rings (SSSR count). The van der Waals surface area contributed by atoms with Crippen LogP contribution in [0.5, 0.6) is 5.88 Å². The van der Waals surface area contributed by atoms with E-state index in [1.165, 1.54) is 7.11 Å². The first kappa shape index (κ1) is 18.8. The van der Waals surface area contributed by atoms with Gasteiger partial charge in [0.25, 0.3) is 0 Å². The van der Waals surface area contributed by atoms with E-state index in [-0.39, 0.29) is 12.1 Å². The second-order valence-corrected chi connectivity index (χ2v) is 7.44. The summed E-state index contributed by atoms with van der Waals surface area (Å²) in [5.41, 5.74) is 6.96. The number of quaternary nitrogens is 1. The minimum absolute atomic E-state index is 0.0966. The number of halogens is 1. The zero-order chi connectivity index (χ0) is 18.9. The van der Waals surface area contributed by atoms with Crippen molar-refractivity contribution in [2.45, 2.75) is 38.8 Å². The Morgan fingerprint density at radius 2 is 2.04 bits per heavy atom. The van der Waals surface area contributed by atoms with E-state index in [0.717, 1.165) is 37.4 Å². The van der Waals surface area contributed by atoms with E-state index in [0.29, 0.717) is 27.9 Å². The first-order chi connectivity index (χ1) is 12.4. The third-order valence-corrected chi connectivity index (χ3v) is 5.21. The first-order valence-corrected chi connectivity index (χ1v) is 9.01. The van der Waals surface area contributed by atoms with E-state index in [9.17, 15) is 5.11 Å². The molecule has 0 atom stereocenters. The Kier molecular flexibility index (Phi) is 5.32. The number of piperidine rings is 1. The third-order valence-electron chi connectivity index (χ3n) is 4.85. The van der Waals surface area contributed by atoms with Crippen LogP contribution in [0.3, 0.4) is 0 Å². The molecule has 0 unspecified atom stereocenters. The Labute approximate surface area is 158 Å². The summed E-state index contributed by atoms with van der Waals surface area (Å²) >= 11 is 6.40. The highest BCUT2D eigenvalue weighted by molar-refractivity contribution is 6.34. The predicted molar refractivity (Wildman–Crippen MR) is 100 cm³/mol. The van der Waals surface area contributed by atoms with Gasteiger partial charge in [-0.25, -0.2) is 15.0 Å². The van der Waals surface area contributed by atoms with Crippen molar-refractivity contribution in [2.75, 3.05) is 25.1 Å². The molecule has 3 heterocycles.